The van der Waals surface area contributed by atoms with Gasteiger partial charge in [0.1, 0.15) is 11.2 Å². The Kier molecular flexibility index (Phi) is 7.78. The molecule has 0 N–H and O–H groups in total. The molecule has 0 saturated heterocycles. The van der Waals surface area contributed by atoms with E-state index >= 15 is 0 Å². The molecule has 0 saturated carbocycles. The number of rotatable bonds is 6. The van der Waals surface area contributed by atoms with Crippen LogP contribution in [0.1, 0.15) is 0 Å². The third kappa shape index (κ3) is 5.74. The molecule has 0 atom stereocenters. The number of benzene rings is 8. The molecule has 0 radical (unpaired) electrons. The molecule has 0 bridgehead atoms. The Morgan fingerprint density at radius 1 is 0.316 bits per heavy atom. The van der Waals surface area contributed by atoms with Crippen LogP contribution in [0.15, 0.2) is 205 Å². The summed E-state index contributed by atoms with van der Waals surface area (Å²) in [7, 11) is 0. The maximum absolute atomic E-state index is 6.62. The van der Waals surface area contributed by atoms with Crippen molar-refractivity contribution < 1.29 is 4.42 Å². The summed E-state index contributed by atoms with van der Waals surface area (Å²) < 4.78 is 6.62. The predicted octanol–water partition coefficient (Wildman–Crippen LogP) is 14.1. The summed E-state index contributed by atoms with van der Waals surface area (Å²) in [5.41, 5.74) is 13.9. The van der Waals surface area contributed by atoms with E-state index in [0.29, 0.717) is 5.82 Å². The molecule has 8 aromatic carbocycles. The summed E-state index contributed by atoms with van der Waals surface area (Å²) >= 11 is 0. The van der Waals surface area contributed by atoms with E-state index in [-0.39, 0.29) is 0 Å². The van der Waals surface area contributed by atoms with Gasteiger partial charge >= 0.3 is 0 Å². The van der Waals surface area contributed by atoms with Crippen molar-refractivity contribution in [2.45, 2.75) is 0 Å². The zero-order valence-electron chi connectivity index (χ0n) is 30.8. The summed E-state index contributed by atoms with van der Waals surface area (Å²) in [5, 5.41) is 5.48. The quantitative estimate of drug-likeness (QED) is 0.160. The second kappa shape index (κ2) is 13.6. The number of pyridine rings is 1. The van der Waals surface area contributed by atoms with Crippen LogP contribution in [0.5, 0.6) is 0 Å². The monoisotopic (exact) mass is 727 g/mol. The molecule has 4 heteroatoms. The van der Waals surface area contributed by atoms with E-state index in [4.69, 9.17) is 19.4 Å². The first-order valence-electron chi connectivity index (χ1n) is 19.2. The second-order valence-corrected chi connectivity index (χ2v) is 14.3. The number of nitrogens with zero attached hydrogens (tertiary/aromatic N) is 3. The average molecular weight is 728 g/mol. The molecule has 0 aliphatic carbocycles. The van der Waals surface area contributed by atoms with Gasteiger partial charge in [-0.1, -0.05) is 170 Å². The topological polar surface area (TPSA) is 51.8 Å². The molecule has 0 aliphatic rings. The summed E-state index contributed by atoms with van der Waals surface area (Å²) in [6.45, 7) is 0. The van der Waals surface area contributed by atoms with Gasteiger partial charge in [-0.2, -0.15) is 0 Å². The second-order valence-electron chi connectivity index (χ2n) is 14.3. The van der Waals surface area contributed by atoms with E-state index in [2.05, 4.69) is 170 Å². The fourth-order valence-electron chi connectivity index (χ4n) is 8.18. The van der Waals surface area contributed by atoms with E-state index in [0.717, 1.165) is 105 Å². The van der Waals surface area contributed by atoms with Crippen LogP contribution >= 0.6 is 0 Å². The van der Waals surface area contributed by atoms with Crippen LogP contribution in [0.25, 0.3) is 111 Å². The third-order valence-electron chi connectivity index (χ3n) is 10.9. The van der Waals surface area contributed by atoms with Crippen molar-refractivity contribution in [1.29, 1.82) is 0 Å². The van der Waals surface area contributed by atoms with Crippen LogP contribution in [-0.2, 0) is 0 Å². The number of para-hydroxylation sites is 2. The molecule has 0 spiro atoms. The summed E-state index contributed by atoms with van der Waals surface area (Å²) in [4.78, 5) is 15.6. The van der Waals surface area contributed by atoms with Gasteiger partial charge in [-0.05, 0) is 47.0 Å². The molecule has 0 fully saturated rings. The molecule has 0 aliphatic heterocycles. The van der Waals surface area contributed by atoms with E-state index in [1.165, 1.54) is 0 Å². The van der Waals surface area contributed by atoms with Crippen LogP contribution in [0.3, 0.4) is 0 Å². The fourth-order valence-corrected chi connectivity index (χ4v) is 8.18. The summed E-state index contributed by atoms with van der Waals surface area (Å²) in [5.74, 6) is 0.682. The summed E-state index contributed by atoms with van der Waals surface area (Å²) in [6.07, 6.45) is 0. The number of hydrogen-bond acceptors (Lipinski definition) is 4. The Labute approximate surface area is 329 Å². The van der Waals surface area contributed by atoms with Gasteiger partial charge in [0, 0.05) is 54.7 Å². The van der Waals surface area contributed by atoms with Gasteiger partial charge in [-0.15, -0.1) is 0 Å². The lowest BCUT2D eigenvalue weighted by atomic mass is 9.89. The Balaban J connectivity index is 1.13. The van der Waals surface area contributed by atoms with Crippen LogP contribution in [0.2, 0.25) is 0 Å². The lowest BCUT2D eigenvalue weighted by Crippen LogP contribution is -1.96. The van der Waals surface area contributed by atoms with Gasteiger partial charge in [0.2, 0.25) is 0 Å². The van der Waals surface area contributed by atoms with Gasteiger partial charge in [0.05, 0.1) is 22.6 Å². The van der Waals surface area contributed by atoms with Crippen LogP contribution in [0, 0.1) is 0 Å². The largest absolute Gasteiger partial charge is 0.456 e. The van der Waals surface area contributed by atoms with Crippen molar-refractivity contribution in [2.24, 2.45) is 0 Å². The molecular formula is C53H33N3O. The zero-order valence-corrected chi connectivity index (χ0v) is 30.8. The van der Waals surface area contributed by atoms with Gasteiger partial charge in [0.25, 0.3) is 0 Å². The fraction of sp³-hybridized carbons (Fsp3) is 0. The van der Waals surface area contributed by atoms with Crippen molar-refractivity contribution in [1.82, 2.24) is 15.0 Å². The zero-order chi connectivity index (χ0) is 37.7. The maximum Gasteiger partial charge on any atom is 0.160 e. The van der Waals surface area contributed by atoms with Gasteiger partial charge in [0.15, 0.2) is 5.82 Å². The van der Waals surface area contributed by atoms with Gasteiger partial charge in [-0.3, -0.25) is 0 Å². The highest BCUT2D eigenvalue weighted by molar-refractivity contribution is 6.27. The molecular weight excluding hydrogens is 695 g/mol. The van der Waals surface area contributed by atoms with Crippen LogP contribution < -0.4 is 0 Å². The highest BCUT2D eigenvalue weighted by Gasteiger charge is 2.22. The smallest absolute Gasteiger partial charge is 0.160 e. The average Bonchev–Trinajstić information content (AvgIpc) is 3.67. The molecule has 4 nitrogen and oxygen atoms in total. The number of aromatic nitrogens is 3. The van der Waals surface area contributed by atoms with Crippen LogP contribution in [-0.4, -0.2) is 15.0 Å². The van der Waals surface area contributed by atoms with Gasteiger partial charge in [-0.25, -0.2) is 15.0 Å². The van der Waals surface area contributed by atoms with E-state index in [9.17, 15) is 0 Å². The first-order chi connectivity index (χ1) is 28.2. The first-order valence-corrected chi connectivity index (χ1v) is 19.2. The lowest BCUT2D eigenvalue weighted by molar-refractivity contribution is 0.669. The van der Waals surface area contributed by atoms with Gasteiger partial charge < -0.3 is 4.42 Å². The van der Waals surface area contributed by atoms with Crippen molar-refractivity contribution in [3.63, 3.8) is 0 Å². The molecule has 11 aromatic rings. The van der Waals surface area contributed by atoms with Crippen molar-refractivity contribution >= 4 is 43.6 Å². The minimum Gasteiger partial charge on any atom is -0.456 e. The SMILES string of the molecule is c1ccc(-c2cccc(-c3nc(-c4ccccc4)cc(-c4ccc(-c5c6c(cc7c(-c8ccccc8)nc8ccccc8c57)oc5ccccc56)cc4)n3)c2)cc1. The lowest BCUT2D eigenvalue weighted by Gasteiger charge is -2.16. The number of fused-ring (bicyclic) bond motifs is 6. The molecule has 3 aromatic heterocycles. The van der Waals surface area contributed by atoms with E-state index in [1.54, 1.807) is 0 Å². The third-order valence-corrected chi connectivity index (χ3v) is 10.9. The number of hydrogen-bond donors (Lipinski definition) is 0. The van der Waals surface area contributed by atoms with Crippen molar-refractivity contribution in [2.75, 3.05) is 0 Å². The molecule has 0 amide bonds. The molecule has 11 rings (SSSR count). The molecule has 3 heterocycles. The minimum atomic E-state index is 0.682. The minimum absolute atomic E-state index is 0.682. The first kappa shape index (κ1) is 32.7. The number of furan rings is 1. The molecule has 266 valence electrons. The Hall–Kier alpha value is -7.69. The standard InChI is InChI=1S/C53H33N3O/c1-4-15-34(16-5-1)39-21-14-22-40(31-39)53-55-45(35-17-6-2-7-18-35)33-46(56-53)36-27-29-37(30-28-36)49-50-41-23-10-12-25-44(41)54-52(38-19-8-3-9-20-38)43(50)32-48-51(49)42-24-11-13-26-47(42)57-48/h1-33H. The molecule has 57 heavy (non-hydrogen) atoms. The van der Waals surface area contributed by atoms with E-state index < -0.39 is 0 Å². The summed E-state index contributed by atoms with van der Waals surface area (Å²) in [6, 6.07) is 69.6. The predicted molar refractivity (Wildman–Crippen MR) is 235 cm³/mol. The highest BCUT2D eigenvalue weighted by atomic mass is 16.3. The Morgan fingerprint density at radius 3 is 1.61 bits per heavy atom. The van der Waals surface area contributed by atoms with E-state index in [1.807, 2.05) is 30.3 Å². The molecule has 0 unspecified atom stereocenters. The highest BCUT2D eigenvalue weighted by Crippen LogP contribution is 2.46. The Bertz CT molecular complexity index is 3260. The van der Waals surface area contributed by atoms with Crippen LogP contribution in [0.4, 0.5) is 0 Å². The van der Waals surface area contributed by atoms with Crippen molar-refractivity contribution in [3.8, 4) is 67.4 Å². The van der Waals surface area contributed by atoms with Crippen molar-refractivity contribution in [3.05, 3.63) is 200 Å². The Morgan fingerprint density at radius 2 is 0.877 bits per heavy atom. The maximum atomic E-state index is 6.62. The normalized spacial score (nSPS) is 11.5.